The van der Waals surface area contributed by atoms with E-state index < -0.39 is 0 Å². The van der Waals surface area contributed by atoms with Crippen LogP contribution < -0.4 is 9.80 Å². The van der Waals surface area contributed by atoms with Crippen molar-refractivity contribution in [2.75, 3.05) is 9.80 Å². The van der Waals surface area contributed by atoms with Crippen molar-refractivity contribution >= 4 is 22.7 Å². The van der Waals surface area contributed by atoms with Gasteiger partial charge in [-0.05, 0) is 113 Å². The first-order valence-electron chi connectivity index (χ1n) is 20.7. The van der Waals surface area contributed by atoms with E-state index in [-0.39, 0.29) is 20.1 Å². The van der Waals surface area contributed by atoms with Gasteiger partial charge in [-0.1, -0.05) is 91.0 Å². The average Bonchev–Trinajstić information content (AvgIpc) is 3.94. The van der Waals surface area contributed by atoms with Crippen molar-refractivity contribution in [1.82, 2.24) is 9.97 Å². The Kier molecular flexibility index (Phi) is 13.3. The zero-order chi connectivity index (χ0) is 42.4. The topological polar surface area (TPSA) is 32.3 Å². The summed E-state index contributed by atoms with van der Waals surface area (Å²) in [7, 11) is 0. The summed E-state index contributed by atoms with van der Waals surface area (Å²) in [4.78, 5) is 15.7. The van der Waals surface area contributed by atoms with E-state index in [0.717, 1.165) is 33.8 Å². The second kappa shape index (κ2) is 19.6. The number of hydrogen-bond donors (Lipinski definition) is 0. The number of pyridine rings is 2. The largest absolute Gasteiger partial charge is 0.500 e. The normalized spacial score (nSPS) is 11.8. The van der Waals surface area contributed by atoms with Crippen molar-refractivity contribution in [2.24, 2.45) is 0 Å². The molecule has 6 aromatic carbocycles. The van der Waals surface area contributed by atoms with E-state index in [9.17, 15) is 0 Å². The Hall–Kier alpha value is -6.69. The number of para-hydroxylation sites is 1. The van der Waals surface area contributed by atoms with Gasteiger partial charge < -0.3 is 19.8 Å². The zero-order valence-electron chi connectivity index (χ0n) is 35.5. The van der Waals surface area contributed by atoms with E-state index in [4.69, 9.17) is 0 Å². The van der Waals surface area contributed by atoms with Crippen LogP contribution in [-0.2, 0) is 20.1 Å². The third kappa shape index (κ3) is 9.26. The van der Waals surface area contributed by atoms with Gasteiger partial charge in [0, 0.05) is 43.1 Å². The molecular formula is C57H44IrN4S-4. The standard InChI is InChI=1S/C46H36N3S.C11H8N.Ir/c1-31-13-11-14-32(2)44(31)49-28-27-48(30-49)38-24-22-35(23-25-38)45-33(3)34(4)46(50-45)42-20-8-7-19-41(42)40-18-6-5-17-39(40)36-15-12-16-37(29-36)43-21-9-10-26-47-43;1-2-6-10(7-3-1)11-8-4-5-9-12-11;/h5-15,17-24,26-30H,1-4H3;1-6,8-9H;/q-3;-1;. The average molecular weight is 1010 g/mol. The summed E-state index contributed by atoms with van der Waals surface area (Å²) in [5.74, 6) is 0. The first-order chi connectivity index (χ1) is 30.4. The number of nitrogens with zero attached hydrogens (tertiary/aromatic N) is 4. The van der Waals surface area contributed by atoms with Crippen molar-refractivity contribution in [3.63, 3.8) is 0 Å². The fraction of sp³-hybridized carbons (Fsp3) is 0.0702. The zero-order valence-corrected chi connectivity index (χ0v) is 38.7. The van der Waals surface area contributed by atoms with E-state index in [1.54, 1.807) is 6.20 Å². The van der Waals surface area contributed by atoms with Crippen molar-refractivity contribution < 1.29 is 20.1 Å². The summed E-state index contributed by atoms with van der Waals surface area (Å²) in [6, 6.07) is 66.6. The molecule has 0 saturated carbocycles. The number of aromatic nitrogens is 2. The fourth-order valence-electron chi connectivity index (χ4n) is 7.95. The van der Waals surface area contributed by atoms with Gasteiger partial charge in [-0.25, -0.2) is 0 Å². The van der Waals surface area contributed by atoms with E-state index in [1.807, 2.05) is 84.3 Å². The molecule has 0 N–H and O–H groups in total. The Labute approximate surface area is 389 Å². The van der Waals surface area contributed by atoms with Crippen LogP contribution in [-0.4, -0.2) is 9.97 Å². The molecule has 63 heavy (non-hydrogen) atoms. The molecule has 0 unspecified atom stereocenters. The maximum atomic E-state index is 4.57. The third-order valence-electron chi connectivity index (χ3n) is 11.2. The Balaban J connectivity index is 0.000000361. The molecule has 0 fully saturated rings. The van der Waals surface area contributed by atoms with E-state index >= 15 is 0 Å². The SMILES string of the molecule is Cc1cccc(C)c1N1C=CN(c2[c-]cc(-c3sc(-c4ccccc4-c4ccccc4-c4cc[c-]c(-c5ccccn5)c4)c(C)c3C)cc2)[CH-]1.[Ir].[c-]1ccccc1-c1ccccn1. The Morgan fingerprint density at radius 1 is 0.492 bits per heavy atom. The van der Waals surface area contributed by atoms with E-state index in [1.165, 1.54) is 65.5 Å². The van der Waals surface area contributed by atoms with Crippen LogP contribution in [0.1, 0.15) is 22.3 Å². The van der Waals surface area contributed by atoms with Crippen molar-refractivity contribution in [3.8, 4) is 65.6 Å². The second-order valence-electron chi connectivity index (χ2n) is 15.2. The molecule has 0 aliphatic carbocycles. The molecule has 1 radical (unpaired) electrons. The molecule has 10 rings (SSSR count). The molecular weight excluding hydrogens is 965 g/mol. The van der Waals surface area contributed by atoms with Gasteiger partial charge in [-0.2, -0.15) is 18.2 Å². The molecule has 9 aromatic rings. The first kappa shape index (κ1) is 43.0. The molecule has 311 valence electrons. The summed E-state index contributed by atoms with van der Waals surface area (Å²) < 4.78 is 0. The van der Waals surface area contributed by atoms with Gasteiger partial charge in [-0.15, -0.1) is 107 Å². The van der Waals surface area contributed by atoms with Crippen LogP contribution in [0, 0.1) is 52.6 Å². The number of thiophene rings is 1. The molecule has 4 nitrogen and oxygen atoms in total. The molecule has 1 aliphatic heterocycles. The van der Waals surface area contributed by atoms with E-state index in [0.29, 0.717) is 0 Å². The van der Waals surface area contributed by atoms with Crippen LogP contribution in [0.4, 0.5) is 11.4 Å². The first-order valence-corrected chi connectivity index (χ1v) is 21.5. The Bertz CT molecular complexity index is 2920. The molecule has 0 bridgehead atoms. The molecule has 6 heteroatoms. The molecule has 3 aromatic heterocycles. The maximum Gasteiger partial charge on any atom is 0.0376 e. The smallest absolute Gasteiger partial charge is 0.0376 e. The van der Waals surface area contributed by atoms with Crippen molar-refractivity contribution in [2.45, 2.75) is 27.7 Å². The summed E-state index contributed by atoms with van der Waals surface area (Å²) in [6.45, 7) is 10.9. The summed E-state index contributed by atoms with van der Waals surface area (Å²) in [5.41, 5.74) is 18.5. The molecule has 0 spiro atoms. The minimum Gasteiger partial charge on any atom is -0.500 e. The predicted molar refractivity (Wildman–Crippen MR) is 259 cm³/mol. The minimum absolute atomic E-state index is 0. The van der Waals surface area contributed by atoms with Crippen LogP contribution in [0.3, 0.4) is 0 Å². The maximum absolute atomic E-state index is 4.57. The van der Waals surface area contributed by atoms with Crippen molar-refractivity contribution in [3.05, 3.63) is 236 Å². The Morgan fingerprint density at radius 3 is 1.75 bits per heavy atom. The van der Waals surface area contributed by atoms with Crippen molar-refractivity contribution in [1.29, 1.82) is 0 Å². The quantitative estimate of drug-likeness (QED) is 0.142. The van der Waals surface area contributed by atoms with Crippen LogP contribution >= 0.6 is 11.3 Å². The van der Waals surface area contributed by atoms with Gasteiger partial charge in [-0.3, -0.25) is 0 Å². The molecule has 4 heterocycles. The summed E-state index contributed by atoms with van der Waals surface area (Å²) in [5, 5.41) is 0. The van der Waals surface area contributed by atoms with Crippen LogP contribution in [0.5, 0.6) is 0 Å². The van der Waals surface area contributed by atoms with Gasteiger partial charge in [0.05, 0.1) is 0 Å². The monoisotopic (exact) mass is 1010 g/mol. The van der Waals surface area contributed by atoms with Crippen LogP contribution in [0.2, 0.25) is 0 Å². The molecule has 0 saturated heterocycles. The van der Waals surface area contributed by atoms with Gasteiger partial charge in [0.15, 0.2) is 0 Å². The number of aryl methyl sites for hydroxylation is 2. The summed E-state index contributed by atoms with van der Waals surface area (Å²) >= 11 is 1.86. The predicted octanol–water partition coefficient (Wildman–Crippen LogP) is 14.8. The van der Waals surface area contributed by atoms with Gasteiger partial charge in [0.2, 0.25) is 0 Å². The molecule has 0 atom stereocenters. The number of anilines is 2. The van der Waals surface area contributed by atoms with Gasteiger partial charge in [0.1, 0.15) is 0 Å². The molecule has 0 amide bonds. The fourth-order valence-corrected chi connectivity index (χ4v) is 9.30. The van der Waals surface area contributed by atoms with Gasteiger partial charge in [0.25, 0.3) is 0 Å². The van der Waals surface area contributed by atoms with Gasteiger partial charge >= 0.3 is 0 Å². The number of rotatable bonds is 8. The number of hydrogen-bond acceptors (Lipinski definition) is 5. The molecule has 1 aliphatic rings. The Morgan fingerprint density at radius 2 is 1.10 bits per heavy atom. The second-order valence-corrected chi connectivity index (χ2v) is 16.3. The third-order valence-corrected chi connectivity index (χ3v) is 12.7. The van der Waals surface area contributed by atoms with Crippen LogP contribution in [0.25, 0.3) is 65.6 Å². The van der Waals surface area contributed by atoms with E-state index in [2.05, 4.69) is 182 Å². The number of benzene rings is 6. The van der Waals surface area contributed by atoms with Crippen LogP contribution in [0.15, 0.2) is 189 Å². The minimum atomic E-state index is 0. The summed E-state index contributed by atoms with van der Waals surface area (Å²) in [6.07, 6.45) is 7.83.